The molecule has 0 bridgehead atoms. The van der Waals surface area contributed by atoms with Crippen molar-refractivity contribution < 1.29 is 23.6 Å². The number of nitrogens with one attached hydrogen (secondary N) is 3. The first-order valence-corrected chi connectivity index (χ1v) is 8.91. The fourth-order valence-electron chi connectivity index (χ4n) is 2.89. The molecule has 1 aliphatic heterocycles. The van der Waals surface area contributed by atoms with Crippen LogP contribution in [-0.2, 0) is 15.1 Å². The summed E-state index contributed by atoms with van der Waals surface area (Å²) in [5.74, 6) is -0.908. The number of furan rings is 1. The summed E-state index contributed by atoms with van der Waals surface area (Å²) in [5, 5.41) is 7.99. The SMILES string of the molecule is CC(C)CNC(=O)NC(=O)CN1C(=O)NC(C)(c2cc3ccccc3o2)C1=O. The van der Waals surface area contributed by atoms with Gasteiger partial charge < -0.3 is 15.1 Å². The second-order valence-electron chi connectivity index (χ2n) is 7.25. The molecule has 1 aliphatic rings. The maximum atomic E-state index is 12.9. The van der Waals surface area contributed by atoms with Gasteiger partial charge in [0.25, 0.3) is 5.91 Å². The molecule has 9 heteroatoms. The maximum absolute atomic E-state index is 12.9. The smallest absolute Gasteiger partial charge is 0.325 e. The van der Waals surface area contributed by atoms with Crippen LogP contribution in [0.15, 0.2) is 34.7 Å². The van der Waals surface area contributed by atoms with Crippen LogP contribution < -0.4 is 16.0 Å². The molecule has 1 fully saturated rings. The van der Waals surface area contributed by atoms with Gasteiger partial charge in [-0.1, -0.05) is 32.0 Å². The topological polar surface area (TPSA) is 121 Å². The first-order chi connectivity index (χ1) is 13.2. The normalized spacial score (nSPS) is 19.2. The molecule has 0 spiro atoms. The number of fused-ring (bicyclic) bond motifs is 1. The zero-order valence-corrected chi connectivity index (χ0v) is 15.9. The number of rotatable bonds is 5. The fourth-order valence-corrected chi connectivity index (χ4v) is 2.89. The van der Waals surface area contributed by atoms with E-state index in [-0.39, 0.29) is 11.7 Å². The lowest BCUT2D eigenvalue weighted by atomic mass is 9.99. The maximum Gasteiger partial charge on any atom is 0.325 e. The molecule has 3 rings (SSSR count). The van der Waals surface area contributed by atoms with Crippen LogP contribution in [-0.4, -0.2) is 41.9 Å². The van der Waals surface area contributed by atoms with Crippen molar-refractivity contribution in [2.45, 2.75) is 26.3 Å². The Bertz CT molecular complexity index is 918. The van der Waals surface area contributed by atoms with E-state index in [0.717, 1.165) is 10.3 Å². The van der Waals surface area contributed by atoms with Crippen LogP contribution >= 0.6 is 0 Å². The largest absolute Gasteiger partial charge is 0.458 e. The highest BCUT2D eigenvalue weighted by Gasteiger charge is 2.51. The molecule has 2 heterocycles. The highest BCUT2D eigenvalue weighted by atomic mass is 16.3. The van der Waals surface area contributed by atoms with Crippen molar-refractivity contribution in [3.05, 3.63) is 36.1 Å². The van der Waals surface area contributed by atoms with Crippen LogP contribution in [0.3, 0.4) is 0 Å². The standard InChI is InChI=1S/C19H22N4O5/c1-11(2)9-20-17(26)21-15(24)10-23-16(25)19(3,22-18(23)27)14-8-12-6-4-5-7-13(12)28-14/h4-8,11H,9-10H2,1-3H3,(H,22,27)(H2,20,21,24,26). The Hall–Kier alpha value is -3.36. The molecule has 1 unspecified atom stereocenters. The second-order valence-corrected chi connectivity index (χ2v) is 7.25. The number of carbonyl (C=O) groups excluding carboxylic acids is 4. The molecule has 9 nitrogen and oxygen atoms in total. The fraction of sp³-hybridized carbons (Fsp3) is 0.368. The van der Waals surface area contributed by atoms with Crippen molar-refractivity contribution in [2.24, 2.45) is 5.92 Å². The van der Waals surface area contributed by atoms with Crippen LogP contribution in [0.5, 0.6) is 0 Å². The Morgan fingerprint density at radius 1 is 1.25 bits per heavy atom. The van der Waals surface area contributed by atoms with E-state index in [1.54, 1.807) is 18.2 Å². The van der Waals surface area contributed by atoms with Gasteiger partial charge in [0.1, 0.15) is 17.9 Å². The molecule has 0 radical (unpaired) electrons. The Kier molecular flexibility index (Phi) is 5.08. The summed E-state index contributed by atoms with van der Waals surface area (Å²) < 4.78 is 5.72. The summed E-state index contributed by atoms with van der Waals surface area (Å²) in [4.78, 5) is 49.7. The molecule has 0 saturated carbocycles. The molecule has 2 aromatic rings. The van der Waals surface area contributed by atoms with Crippen molar-refractivity contribution in [3.63, 3.8) is 0 Å². The van der Waals surface area contributed by atoms with Crippen molar-refractivity contribution in [1.82, 2.24) is 20.9 Å². The summed E-state index contributed by atoms with van der Waals surface area (Å²) in [7, 11) is 0. The lowest BCUT2D eigenvalue weighted by Gasteiger charge is -2.18. The lowest BCUT2D eigenvalue weighted by molar-refractivity contribution is -0.135. The Labute approximate surface area is 161 Å². The molecule has 3 N–H and O–H groups in total. The zero-order chi connectivity index (χ0) is 20.5. The number of amides is 6. The number of hydrogen-bond donors (Lipinski definition) is 3. The van der Waals surface area contributed by atoms with E-state index in [4.69, 9.17) is 4.42 Å². The third-order valence-corrected chi connectivity index (χ3v) is 4.42. The van der Waals surface area contributed by atoms with E-state index >= 15 is 0 Å². The summed E-state index contributed by atoms with van der Waals surface area (Å²) in [6.45, 7) is 5.16. The number of hydrogen-bond acceptors (Lipinski definition) is 5. The number of nitrogens with zero attached hydrogens (tertiary/aromatic N) is 1. The van der Waals surface area contributed by atoms with Crippen LogP contribution in [0, 0.1) is 5.92 Å². The second kappa shape index (κ2) is 7.34. The van der Waals surface area contributed by atoms with Gasteiger partial charge >= 0.3 is 12.1 Å². The highest BCUT2D eigenvalue weighted by molar-refractivity contribution is 6.10. The quantitative estimate of drug-likeness (QED) is 0.675. The van der Waals surface area contributed by atoms with Gasteiger partial charge in [-0.05, 0) is 25.0 Å². The van der Waals surface area contributed by atoms with Crippen LogP contribution in [0.1, 0.15) is 26.5 Å². The van der Waals surface area contributed by atoms with E-state index in [1.807, 2.05) is 26.0 Å². The van der Waals surface area contributed by atoms with Gasteiger partial charge in [-0.2, -0.15) is 0 Å². The molecule has 1 saturated heterocycles. The van der Waals surface area contributed by atoms with E-state index in [2.05, 4.69) is 16.0 Å². The average molecular weight is 386 g/mol. The first-order valence-electron chi connectivity index (χ1n) is 8.91. The minimum atomic E-state index is -1.43. The third kappa shape index (κ3) is 3.68. The summed E-state index contributed by atoms with van der Waals surface area (Å²) in [6, 6.07) is 7.49. The van der Waals surface area contributed by atoms with E-state index in [0.29, 0.717) is 12.1 Å². The van der Waals surface area contributed by atoms with E-state index < -0.39 is 36.0 Å². The van der Waals surface area contributed by atoms with Crippen molar-refractivity contribution in [2.75, 3.05) is 13.1 Å². The van der Waals surface area contributed by atoms with Gasteiger partial charge in [0.2, 0.25) is 5.91 Å². The molecule has 6 amide bonds. The molecule has 1 atom stereocenters. The zero-order valence-electron chi connectivity index (χ0n) is 15.9. The predicted molar refractivity (Wildman–Crippen MR) is 100 cm³/mol. The summed E-state index contributed by atoms with van der Waals surface area (Å²) in [6.07, 6.45) is 0. The van der Waals surface area contributed by atoms with Crippen LogP contribution in [0.25, 0.3) is 11.0 Å². The summed E-state index contributed by atoms with van der Waals surface area (Å²) >= 11 is 0. The predicted octanol–water partition coefficient (Wildman–Crippen LogP) is 1.68. The monoisotopic (exact) mass is 386 g/mol. The van der Waals surface area contributed by atoms with Crippen LogP contribution in [0.2, 0.25) is 0 Å². The van der Waals surface area contributed by atoms with Gasteiger partial charge in [0.05, 0.1) is 0 Å². The van der Waals surface area contributed by atoms with Gasteiger partial charge in [-0.25, -0.2) is 9.59 Å². The molecular weight excluding hydrogens is 364 g/mol. The molecular formula is C19H22N4O5. The van der Waals surface area contributed by atoms with Gasteiger partial charge in [0, 0.05) is 11.9 Å². The van der Waals surface area contributed by atoms with Gasteiger partial charge in [0.15, 0.2) is 5.54 Å². The number of imide groups is 2. The van der Waals surface area contributed by atoms with E-state index in [1.165, 1.54) is 6.92 Å². The molecule has 1 aromatic heterocycles. The molecule has 28 heavy (non-hydrogen) atoms. The Morgan fingerprint density at radius 2 is 1.96 bits per heavy atom. The summed E-state index contributed by atoms with van der Waals surface area (Å²) in [5.41, 5.74) is -0.852. The van der Waals surface area contributed by atoms with Crippen LogP contribution in [0.4, 0.5) is 9.59 Å². The highest BCUT2D eigenvalue weighted by Crippen LogP contribution is 2.32. The number of para-hydroxylation sites is 1. The Balaban J connectivity index is 1.70. The van der Waals surface area contributed by atoms with E-state index in [9.17, 15) is 19.2 Å². The first kappa shape index (κ1) is 19.4. The minimum Gasteiger partial charge on any atom is -0.458 e. The minimum absolute atomic E-state index is 0.219. The number of carbonyl (C=O) groups is 4. The molecule has 0 aliphatic carbocycles. The third-order valence-electron chi connectivity index (χ3n) is 4.42. The van der Waals surface area contributed by atoms with Crippen molar-refractivity contribution >= 4 is 34.8 Å². The van der Waals surface area contributed by atoms with Gasteiger partial charge in [-0.3, -0.25) is 19.8 Å². The van der Waals surface area contributed by atoms with Gasteiger partial charge in [-0.15, -0.1) is 0 Å². The number of urea groups is 2. The lowest BCUT2D eigenvalue weighted by Crippen LogP contribution is -2.47. The average Bonchev–Trinajstić information content (AvgIpc) is 3.16. The molecule has 148 valence electrons. The van der Waals surface area contributed by atoms with Crippen molar-refractivity contribution in [3.8, 4) is 0 Å². The van der Waals surface area contributed by atoms with Crippen molar-refractivity contribution in [1.29, 1.82) is 0 Å². The number of benzene rings is 1. The molecule has 1 aromatic carbocycles. The Morgan fingerprint density at radius 3 is 2.64 bits per heavy atom.